The van der Waals surface area contributed by atoms with Crippen LogP contribution < -0.4 is 10.6 Å². The van der Waals surface area contributed by atoms with Gasteiger partial charge in [0.25, 0.3) is 0 Å². The zero-order valence-electron chi connectivity index (χ0n) is 14.8. The number of H-pyrrole nitrogens is 1. The fourth-order valence-corrected chi connectivity index (χ4v) is 3.26. The Morgan fingerprint density at radius 3 is 2.85 bits per heavy atom. The minimum absolute atomic E-state index is 0.201. The third-order valence-electron chi connectivity index (χ3n) is 4.91. The van der Waals surface area contributed by atoms with Crippen LogP contribution in [0.2, 0.25) is 0 Å². The van der Waals surface area contributed by atoms with Gasteiger partial charge < -0.3 is 10.6 Å². The number of aromatic amines is 1. The van der Waals surface area contributed by atoms with Crippen molar-refractivity contribution in [2.75, 3.05) is 18.4 Å². The number of carbonyl (C=O) groups excluding carboxylic acids is 1. The third kappa shape index (κ3) is 3.60. The number of fused-ring (bicyclic) bond motifs is 1. The molecule has 0 aliphatic carbocycles. The third-order valence-corrected chi connectivity index (χ3v) is 4.91. The van der Waals surface area contributed by atoms with Crippen LogP contribution >= 0.6 is 0 Å². The van der Waals surface area contributed by atoms with Gasteiger partial charge in [-0.2, -0.15) is 5.10 Å². The summed E-state index contributed by atoms with van der Waals surface area (Å²) in [4.78, 5) is 16.9. The Balaban J connectivity index is 1.41. The van der Waals surface area contributed by atoms with Gasteiger partial charge in [0.15, 0.2) is 5.82 Å². The molecule has 0 amide bonds. The van der Waals surface area contributed by atoms with Crippen LogP contribution in [-0.4, -0.2) is 40.1 Å². The lowest BCUT2D eigenvalue weighted by Gasteiger charge is -2.27. The Bertz CT molecular complexity index is 901. The number of aromatic nitrogens is 3. The predicted molar refractivity (Wildman–Crippen MR) is 102 cm³/mol. The molecular weight excluding hydrogens is 326 g/mol. The van der Waals surface area contributed by atoms with E-state index in [2.05, 4.69) is 44.9 Å². The first kappa shape index (κ1) is 16.7. The molecule has 3 N–H and O–H groups in total. The van der Waals surface area contributed by atoms with Gasteiger partial charge in [0.05, 0.1) is 16.9 Å². The van der Waals surface area contributed by atoms with Gasteiger partial charge in [-0.05, 0) is 17.5 Å². The Morgan fingerprint density at radius 1 is 1.31 bits per heavy atom. The second-order valence-electron chi connectivity index (χ2n) is 7.02. The summed E-state index contributed by atoms with van der Waals surface area (Å²) < 4.78 is 0. The molecule has 26 heavy (non-hydrogen) atoms. The van der Waals surface area contributed by atoms with Gasteiger partial charge in [-0.15, -0.1) is 0 Å². The van der Waals surface area contributed by atoms with Gasteiger partial charge in [0.1, 0.15) is 5.78 Å². The first-order valence-corrected chi connectivity index (χ1v) is 9.06. The van der Waals surface area contributed by atoms with Crippen molar-refractivity contribution in [1.29, 1.82) is 0 Å². The highest BCUT2D eigenvalue weighted by Gasteiger charge is 2.19. The minimum Gasteiger partial charge on any atom is -0.363 e. The van der Waals surface area contributed by atoms with Crippen molar-refractivity contribution in [3.63, 3.8) is 0 Å². The van der Waals surface area contributed by atoms with E-state index >= 15 is 0 Å². The fourth-order valence-electron chi connectivity index (χ4n) is 3.26. The highest BCUT2D eigenvalue weighted by atomic mass is 16.1. The van der Waals surface area contributed by atoms with Crippen LogP contribution in [0.15, 0.2) is 42.6 Å². The van der Waals surface area contributed by atoms with E-state index in [1.54, 1.807) is 6.20 Å². The molecule has 1 atom stereocenters. The molecule has 6 heteroatoms. The molecule has 1 saturated heterocycles. The van der Waals surface area contributed by atoms with Crippen LogP contribution in [0.5, 0.6) is 0 Å². The molecule has 3 aromatic rings. The molecule has 134 valence electrons. The number of ketones is 1. The number of pyridine rings is 1. The molecule has 0 spiro atoms. The molecular formula is C20H23N5O. The van der Waals surface area contributed by atoms with E-state index in [0.29, 0.717) is 18.9 Å². The number of rotatable bonds is 7. The fraction of sp³-hybridized carbons (Fsp3) is 0.350. The van der Waals surface area contributed by atoms with Crippen molar-refractivity contribution in [2.45, 2.75) is 31.7 Å². The van der Waals surface area contributed by atoms with Gasteiger partial charge in [-0.25, -0.2) is 0 Å². The van der Waals surface area contributed by atoms with Crippen LogP contribution in [0.25, 0.3) is 10.9 Å². The summed E-state index contributed by atoms with van der Waals surface area (Å²) in [7, 11) is 0. The summed E-state index contributed by atoms with van der Waals surface area (Å²) in [6, 6.07) is 12.5. The molecule has 4 rings (SSSR count). The first-order valence-electron chi connectivity index (χ1n) is 9.06. The van der Waals surface area contributed by atoms with Crippen molar-refractivity contribution in [3.05, 3.63) is 53.9 Å². The van der Waals surface area contributed by atoms with Crippen LogP contribution in [0.3, 0.4) is 0 Å². The Hall–Kier alpha value is -2.73. The maximum Gasteiger partial charge on any atom is 0.157 e. The van der Waals surface area contributed by atoms with E-state index in [9.17, 15) is 4.79 Å². The van der Waals surface area contributed by atoms with Crippen LogP contribution in [0, 0.1) is 0 Å². The Kier molecular flexibility index (Phi) is 4.67. The maximum atomic E-state index is 12.4. The van der Waals surface area contributed by atoms with Gasteiger partial charge >= 0.3 is 0 Å². The van der Waals surface area contributed by atoms with E-state index in [1.807, 2.05) is 24.3 Å². The number of Topliss-reactive ketones (excluding diaryl/α,β-unsaturated/α-hetero) is 1. The lowest BCUT2D eigenvalue weighted by molar-refractivity contribution is -0.118. The molecule has 0 radical (unpaired) electrons. The predicted octanol–water partition coefficient (Wildman–Crippen LogP) is 2.65. The highest BCUT2D eigenvalue weighted by molar-refractivity contribution is 5.90. The van der Waals surface area contributed by atoms with Gasteiger partial charge in [-0.1, -0.05) is 37.3 Å². The average Bonchev–Trinajstić information content (AvgIpc) is 3.01. The second kappa shape index (κ2) is 7.25. The molecule has 1 aliphatic heterocycles. The largest absolute Gasteiger partial charge is 0.363 e. The summed E-state index contributed by atoms with van der Waals surface area (Å²) >= 11 is 0. The Morgan fingerprint density at radius 2 is 2.12 bits per heavy atom. The zero-order chi connectivity index (χ0) is 17.9. The molecule has 0 saturated carbocycles. The van der Waals surface area contributed by atoms with E-state index in [-0.39, 0.29) is 11.7 Å². The molecule has 2 aromatic heterocycles. The topological polar surface area (TPSA) is 82.7 Å². The van der Waals surface area contributed by atoms with Crippen molar-refractivity contribution in [2.24, 2.45) is 0 Å². The molecule has 1 aromatic carbocycles. The smallest absolute Gasteiger partial charge is 0.157 e. The van der Waals surface area contributed by atoms with Crippen molar-refractivity contribution < 1.29 is 4.79 Å². The van der Waals surface area contributed by atoms with Crippen LogP contribution in [0.1, 0.15) is 30.5 Å². The highest BCUT2D eigenvalue weighted by Crippen LogP contribution is 2.23. The number of hydrogen-bond acceptors (Lipinski definition) is 5. The number of anilines is 1. The normalized spacial score (nSPS) is 15.6. The second-order valence-corrected chi connectivity index (χ2v) is 7.02. The standard InChI is InChI=1S/C20H23N5O/c1-13(14-5-3-2-4-6-14)7-17(26)8-15-9-19-18(12-22-15)20(25-24-19)23-16-10-21-11-16/h2-6,9,12-13,16,21H,7-8,10-11H2,1H3,(H2,23,24,25)/t13-/m0/s1. The van der Waals surface area contributed by atoms with Crippen molar-refractivity contribution in [1.82, 2.24) is 20.5 Å². The zero-order valence-corrected chi connectivity index (χ0v) is 14.8. The maximum absolute atomic E-state index is 12.4. The van der Waals surface area contributed by atoms with E-state index in [4.69, 9.17) is 0 Å². The summed E-state index contributed by atoms with van der Waals surface area (Å²) in [6.45, 7) is 3.99. The average molecular weight is 349 g/mol. The number of benzene rings is 1. The molecule has 0 unspecified atom stereocenters. The summed E-state index contributed by atoms with van der Waals surface area (Å²) in [5, 5.41) is 15.0. The van der Waals surface area contributed by atoms with E-state index in [0.717, 1.165) is 35.5 Å². The van der Waals surface area contributed by atoms with E-state index in [1.165, 1.54) is 5.56 Å². The van der Waals surface area contributed by atoms with Gasteiger partial charge in [-0.3, -0.25) is 14.9 Å². The number of carbonyl (C=O) groups is 1. The van der Waals surface area contributed by atoms with Crippen LogP contribution in [0.4, 0.5) is 5.82 Å². The molecule has 6 nitrogen and oxygen atoms in total. The monoisotopic (exact) mass is 349 g/mol. The molecule has 3 heterocycles. The first-order chi connectivity index (χ1) is 12.7. The summed E-state index contributed by atoms with van der Waals surface area (Å²) in [5.74, 6) is 1.24. The summed E-state index contributed by atoms with van der Waals surface area (Å²) in [6.07, 6.45) is 2.67. The Labute approximate surface area is 152 Å². The van der Waals surface area contributed by atoms with E-state index < -0.39 is 0 Å². The number of nitrogens with zero attached hydrogens (tertiary/aromatic N) is 2. The van der Waals surface area contributed by atoms with Gasteiger partial charge in [0, 0.05) is 37.8 Å². The number of nitrogens with one attached hydrogen (secondary N) is 3. The van der Waals surface area contributed by atoms with Crippen molar-refractivity contribution >= 4 is 22.5 Å². The minimum atomic E-state index is 0.201. The van der Waals surface area contributed by atoms with Crippen LogP contribution in [-0.2, 0) is 11.2 Å². The number of hydrogen-bond donors (Lipinski definition) is 3. The summed E-state index contributed by atoms with van der Waals surface area (Å²) in [5.41, 5.74) is 2.89. The molecule has 1 aliphatic rings. The lowest BCUT2D eigenvalue weighted by atomic mass is 9.94. The molecule has 0 bridgehead atoms. The van der Waals surface area contributed by atoms with Crippen molar-refractivity contribution in [3.8, 4) is 0 Å². The quantitative estimate of drug-likeness (QED) is 0.611. The lowest BCUT2D eigenvalue weighted by Crippen LogP contribution is -2.51. The van der Waals surface area contributed by atoms with Gasteiger partial charge in [0.2, 0.25) is 0 Å². The SMILES string of the molecule is C[C@@H](CC(=O)Cc1cc2[nH]nc(NC3CNC3)c2cn1)c1ccccc1. The molecule has 1 fully saturated rings.